The molecule has 4 nitrogen and oxygen atoms in total. The Kier molecular flexibility index (Phi) is 3.48. The number of nitrogens with zero attached hydrogens (tertiary/aromatic N) is 1. The van der Waals surface area contributed by atoms with Gasteiger partial charge in [-0.15, -0.1) is 5.10 Å². The summed E-state index contributed by atoms with van der Waals surface area (Å²) in [6.45, 7) is 4.29. The Morgan fingerprint density at radius 2 is 1.86 bits per heavy atom. The van der Waals surface area contributed by atoms with Crippen molar-refractivity contribution in [1.82, 2.24) is 5.53 Å². The summed E-state index contributed by atoms with van der Waals surface area (Å²) < 4.78 is 0. The Balaban J connectivity index is 2.88. The molecule has 0 aliphatic carbocycles. The number of rotatable bonds is 3. The number of nitrogens with two attached hydrogens (primary N) is 2. The van der Waals surface area contributed by atoms with Gasteiger partial charge < -0.3 is 5.73 Å². The molecular weight excluding hydrogens is 176 g/mol. The van der Waals surface area contributed by atoms with Gasteiger partial charge in [-0.3, -0.25) is 0 Å². The van der Waals surface area contributed by atoms with Gasteiger partial charge in [-0.25, -0.2) is 11.4 Å². The Hall–Kier alpha value is -1.55. The highest BCUT2D eigenvalue weighted by atomic mass is 15.5. The van der Waals surface area contributed by atoms with E-state index in [0.717, 1.165) is 5.56 Å². The first-order valence-electron chi connectivity index (χ1n) is 4.54. The topological polar surface area (TPSA) is 76.4 Å². The van der Waals surface area contributed by atoms with Crippen LogP contribution in [0, 0.1) is 0 Å². The molecule has 0 saturated carbocycles. The molecule has 0 bridgehead atoms. The summed E-state index contributed by atoms with van der Waals surface area (Å²) >= 11 is 0. The van der Waals surface area contributed by atoms with E-state index in [1.165, 1.54) is 5.56 Å². The summed E-state index contributed by atoms with van der Waals surface area (Å²) in [5.41, 5.74) is 9.95. The second-order valence-corrected chi connectivity index (χ2v) is 3.40. The molecular formula is C10H16N4. The highest BCUT2D eigenvalue weighted by Crippen LogP contribution is 2.14. The number of hydrazone groups is 1. The average Bonchev–Trinajstić information content (AvgIpc) is 2.18. The Morgan fingerprint density at radius 1 is 1.29 bits per heavy atom. The molecule has 0 aliphatic heterocycles. The molecule has 0 aliphatic rings. The third-order valence-electron chi connectivity index (χ3n) is 2.06. The van der Waals surface area contributed by atoms with Crippen LogP contribution in [0.25, 0.3) is 0 Å². The molecule has 14 heavy (non-hydrogen) atoms. The van der Waals surface area contributed by atoms with Gasteiger partial charge in [-0.05, 0) is 11.5 Å². The molecule has 1 aromatic carbocycles. The van der Waals surface area contributed by atoms with E-state index in [1.54, 1.807) is 0 Å². The van der Waals surface area contributed by atoms with Gasteiger partial charge >= 0.3 is 0 Å². The highest BCUT2D eigenvalue weighted by molar-refractivity contribution is 5.97. The minimum Gasteiger partial charge on any atom is -0.382 e. The normalized spacial score (nSPS) is 11.9. The van der Waals surface area contributed by atoms with Crippen LogP contribution in [0.2, 0.25) is 0 Å². The van der Waals surface area contributed by atoms with Gasteiger partial charge in [0, 0.05) is 5.56 Å². The van der Waals surface area contributed by atoms with Crippen LogP contribution in [0.4, 0.5) is 0 Å². The third-order valence-corrected chi connectivity index (χ3v) is 2.06. The van der Waals surface area contributed by atoms with E-state index < -0.39 is 0 Å². The molecule has 0 heterocycles. The molecule has 4 heteroatoms. The number of nitrogens with one attached hydrogen (secondary N) is 1. The van der Waals surface area contributed by atoms with E-state index >= 15 is 0 Å². The Morgan fingerprint density at radius 3 is 2.29 bits per heavy atom. The van der Waals surface area contributed by atoms with Gasteiger partial charge in [-0.1, -0.05) is 38.1 Å². The number of hydrogen-bond donors (Lipinski definition) is 3. The molecule has 76 valence electrons. The average molecular weight is 192 g/mol. The third kappa shape index (κ3) is 2.47. The molecule has 0 aromatic heterocycles. The van der Waals surface area contributed by atoms with Crippen molar-refractivity contribution in [3.05, 3.63) is 35.4 Å². The lowest BCUT2D eigenvalue weighted by Crippen LogP contribution is -2.22. The fourth-order valence-corrected chi connectivity index (χ4v) is 1.17. The van der Waals surface area contributed by atoms with Crippen molar-refractivity contribution in [2.24, 2.45) is 16.7 Å². The van der Waals surface area contributed by atoms with Crippen LogP contribution in [0.3, 0.4) is 0 Å². The van der Waals surface area contributed by atoms with E-state index in [-0.39, 0.29) is 0 Å². The van der Waals surface area contributed by atoms with Crippen LogP contribution in [0.5, 0.6) is 0 Å². The van der Waals surface area contributed by atoms with Crippen molar-refractivity contribution in [3.8, 4) is 0 Å². The van der Waals surface area contributed by atoms with Crippen molar-refractivity contribution in [2.75, 3.05) is 0 Å². The fraction of sp³-hybridized carbons (Fsp3) is 0.300. The van der Waals surface area contributed by atoms with Crippen LogP contribution in [-0.4, -0.2) is 5.84 Å². The zero-order valence-electron chi connectivity index (χ0n) is 8.49. The van der Waals surface area contributed by atoms with Crippen molar-refractivity contribution < 1.29 is 0 Å². The van der Waals surface area contributed by atoms with Crippen LogP contribution in [0.1, 0.15) is 30.9 Å². The lowest BCUT2D eigenvalue weighted by molar-refractivity contribution is 0.803. The van der Waals surface area contributed by atoms with E-state index in [9.17, 15) is 0 Å². The number of hydrazine groups is 1. The first-order chi connectivity index (χ1) is 6.65. The predicted octanol–water partition coefficient (Wildman–Crippen LogP) is 0.894. The second kappa shape index (κ2) is 4.62. The summed E-state index contributed by atoms with van der Waals surface area (Å²) in [5.74, 6) is 5.94. The highest BCUT2D eigenvalue weighted by Gasteiger charge is 2.00. The molecule has 0 amide bonds. The quantitative estimate of drug-likeness (QED) is 0.288. The van der Waals surface area contributed by atoms with Gasteiger partial charge in [-0.2, -0.15) is 0 Å². The molecule has 1 aromatic rings. The van der Waals surface area contributed by atoms with E-state index in [0.29, 0.717) is 11.8 Å². The van der Waals surface area contributed by atoms with Gasteiger partial charge in [0.1, 0.15) is 0 Å². The maximum absolute atomic E-state index is 5.64. The molecule has 5 N–H and O–H groups in total. The molecule has 0 radical (unpaired) electrons. The van der Waals surface area contributed by atoms with Gasteiger partial charge in [0.15, 0.2) is 5.84 Å². The molecule has 1 rings (SSSR count). The smallest absolute Gasteiger partial charge is 0.152 e. The van der Waals surface area contributed by atoms with Crippen LogP contribution < -0.4 is 17.1 Å². The van der Waals surface area contributed by atoms with E-state index in [1.807, 2.05) is 24.3 Å². The van der Waals surface area contributed by atoms with Gasteiger partial charge in [0.25, 0.3) is 0 Å². The minimum absolute atomic E-state index is 0.391. The Bertz CT molecular complexity index is 313. The minimum atomic E-state index is 0.391. The van der Waals surface area contributed by atoms with Crippen LogP contribution in [-0.2, 0) is 0 Å². The summed E-state index contributed by atoms with van der Waals surface area (Å²) in [7, 11) is 0. The number of benzene rings is 1. The lowest BCUT2D eigenvalue weighted by Gasteiger charge is -2.06. The lowest BCUT2D eigenvalue weighted by atomic mass is 10.0. The molecule has 0 spiro atoms. The van der Waals surface area contributed by atoms with Gasteiger partial charge in [0.05, 0.1) is 0 Å². The molecule has 0 unspecified atom stereocenters. The SMILES string of the molecule is CC(C)c1ccc(/C(N)=N/NN)cc1. The second-order valence-electron chi connectivity index (χ2n) is 3.40. The zero-order chi connectivity index (χ0) is 10.6. The molecule has 0 atom stereocenters. The summed E-state index contributed by atoms with van der Waals surface area (Å²) in [5, 5.41) is 3.69. The van der Waals surface area contributed by atoms with E-state index in [4.69, 9.17) is 11.6 Å². The number of amidine groups is 1. The summed E-state index contributed by atoms with van der Waals surface area (Å²) in [4.78, 5) is 0. The van der Waals surface area contributed by atoms with Crippen LogP contribution >= 0.6 is 0 Å². The first-order valence-corrected chi connectivity index (χ1v) is 4.54. The summed E-state index contributed by atoms with van der Waals surface area (Å²) in [6.07, 6.45) is 0. The fourth-order valence-electron chi connectivity index (χ4n) is 1.17. The van der Waals surface area contributed by atoms with E-state index in [2.05, 4.69) is 24.5 Å². The largest absolute Gasteiger partial charge is 0.382 e. The maximum Gasteiger partial charge on any atom is 0.152 e. The standard InChI is InChI=1S/C10H16N4/c1-7(2)8-3-5-9(6-4-8)10(11)13-14-12/h3-7,14H,12H2,1-2H3,(H2,11,13). The summed E-state index contributed by atoms with van der Waals surface area (Å²) in [6, 6.07) is 7.95. The first kappa shape index (κ1) is 10.5. The monoisotopic (exact) mass is 192 g/mol. The van der Waals surface area contributed by atoms with Crippen LogP contribution in [0.15, 0.2) is 29.4 Å². The molecule has 0 fully saturated rings. The molecule has 0 saturated heterocycles. The zero-order valence-corrected chi connectivity index (χ0v) is 8.49. The maximum atomic E-state index is 5.64. The van der Waals surface area contributed by atoms with Crippen molar-refractivity contribution >= 4 is 5.84 Å². The van der Waals surface area contributed by atoms with Crippen molar-refractivity contribution in [1.29, 1.82) is 0 Å². The van der Waals surface area contributed by atoms with Crippen molar-refractivity contribution in [2.45, 2.75) is 19.8 Å². The number of hydrogen-bond acceptors (Lipinski definition) is 3. The predicted molar refractivity (Wildman–Crippen MR) is 58.6 cm³/mol. The van der Waals surface area contributed by atoms with Gasteiger partial charge in [0.2, 0.25) is 0 Å². The van der Waals surface area contributed by atoms with Crippen molar-refractivity contribution in [3.63, 3.8) is 0 Å². The Labute approximate surface area is 84.0 Å².